The fraction of sp³-hybridized carbons (Fsp3) is 0.0625. The highest BCUT2D eigenvalue weighted by atomic mass is 79.9. The van der Waals surface area contributed by atoms with Gasteiger partial charge in [-0.1, -0.05) is 39.7 Å². The summed E-state index contributed by atoms with van der Waals surface area (Å²) in [5.41, 5.74) is 3.30. The first-order chi connectivity index (χ1) is 11.5. The largest absolute Gasteiger partial charge is 0.495 e. The molecule has 0 aromatic heterocycles. The number of hydrazone groups is 1. The van der Waals surface area contributed by atoms with E-state index in [2.05, 4.69) is 31.8 Å². The van der Waals surface area contributed by atoms with Crippen molar-refractivity contribution in [1.29, 1.82) is 0 Å². The monoisotopic (exact) mass is 409 g/mol. The molecule has 0 aliphatic heterocycles. The smallest absolute Gasteiger partial charge is 0.329 e. The maximum Gasteiger partial charge on any atom is 0.329 e. The van der Waals surface area contributed by atoms with E-state index in [1.54, 1.807) is 18.2 Å². The number of hydrogen-bond acceptors (Lipinski definition) is 4. The molecule has 0 heterocycles. The van der Waals surface area contributed by atoms with E-state index >= 15 is 0 Å². The Labute approximate surface area is 152 Å². The van der Waals surface area contributed by atoms with Gasteiger partial charge in [0.05, 0.1) is 18.3 Å². The lowest BCUT2D eigenvalue weighted by molar-refractivity contribution is -0.136. The molecule has 2 aromatic rings. The minimum Gasteiger partial charge on any atom is -0.495 e. The summed E-state index contributed by atoms with van der Waals surface area (Å²) in [7, 11) is 1.48. The number of nitrogens with one attached hydrogen (secondary N) is 2. The Morgan fingerprint density at radius 1 is 1.21 bits per heavy atom. The summed E-state index contributed by atoms with van der Waals surface area (Å²) in [6, 6.07) is 11.9. The van der Waals surface area contributed by atoms with Crippen molar-refractivity contribution in [3.05, 3.63) is 57.5 Å². The van der Waals surface area contributed by atoms with Gasteiger partial charge >= 0.3 is 11.8 Å². The van der Waals surface area contributed by atoms with Crippen molar-refractivity contribution in [2.75, 3.05) is 12.4 Å². The van der Waals surface area contributed by atoms with E-state index in [-0.39, 0.29) is 0 Å². The molecule has 0 radical (unpaired) electrons. The number of ether oxygens (including phenoxy) is 1. The molecule has 0 spiro atoms. The normalized spacial score (nSPS) is 10.5. The van der Waals surface area contributed by atoms with Gasteiger partial charge in [0.15, 0.2) is 0 Å². The Kier molecular flexibility index (Phi) is 6.34. The van der Waals surface area contributed by atoms with E-state index in [1.807, 2.05) is 18.2 Å². The minimum absolute atomic E-state index is 0.323. The molecule has 2 rings (SSSR count). The predicted octanol–water partition coefficient (Wildman–Crippen LogP) is 3.20. The molecule has 6 nitrogen and oxygen atoms in total. The third-order valence-corrected chi connectivity index (χ3v) is 3.63. The first-order valence-electron chi connectivity index (χ1n) is 6.73. The number of halogens is 2. The summed E-state index contributed by atoms with van der Waals surface area (Å²) in [6.07, 6.45) is 1.43. The van der Waals surface area contributed by atoms with Gasteiger partial charge in [-0.3, -0.25) is 9.59 Å². The van der Waals surface area contributed by atoms with Gasteiger partial charge in [-0.15, -0.1) is 0 Å². The third kappa shape index (κ3) is 5.07. The molecule has 0 aliphatic rings. The Balaban J connectivity index is 1.92. The van der Waals surface area contributed by atoms with E-state index in [0.717, 1.165) is 10.0 Å². The zero-order valence-corrected chi connectivity index (χ0v) is 14.9. The van der Waals surface area contributed by atoms with Crippen molar-refractivity contribution < 1.29 is 14.3 Å². The number of nitrogens with zero attached hydrogens (tertiary/aromatic N) is 1. The molecule has 8 heteroatoms. The van der Waals surface area contributed by atoms with Gasteiger partial charge in [-0.2, -0.15) is 5.10 Å². The molecule has 2 aromatic carbocycles. The molecular formula is C16H13BrClN3O3. The summed E-state index contributed by atoms with van der Waals surface area (Å²) in [4.78, 5) is 23.5. The van der Waals surface area contributed by atoms with Crippen molar-refractivity contribution in [2.45, 2.75) is 0 Å². The second-order valence-electron chi connectivity index (χ2n) is 4.56. The van der Waals surface area contributed by atoms with Crippen molar-refractivity contribution >= 4 is 51.2 Å². The Morgan fingerprint density at radius 2 is 2.00 bits per heavy atom. The maximum atomic E-state index is 11.8. The first kappa shape index (κ1) is 18.0. The van der Waals surface area contributed by atoms with Gasteiger partial charge in [0, 0.05) is 10.2 Å². The van der Waals surface area contributed by atoms with Gasteiger partial charge < -0.3 is 10.1 Å². The zero-order valence-electron chi connectivity index (χ0n) is 12.5. The van der Waals surface area contributed by atoms with Crippen molar-refractivity contribution in [3.63, 3.8) is 0 Å². The molecular weight excluding hydrogens is 398 g/mol. The van der Waals surface area contributed by atoms with Crippen molar-refractivity contribution in [2.24, 2.45) is 5.10 Å². The molecule has 0 bridgehead atoms. The average Bonchev–Trinajstić information content (AvgIpc) is 2.55. The highest BCUT2D eigenvalue weighted by Crippen LogP contribution is 2.27. The second-order valence-corrected chi connectivity index (χ2v) is 5.88. The molecule has 0 atom stereocenters. The quantitative estimate of drug-likeness (QED) is 0.461. The molecule has 0 unspecified atom stereocenters. The molecule has 124 valence electrons. The summed E-state index contributed by atoms with van der Waals surface area (Å²) in [5.74, 6) is -1.28. The van der Waals surface area contributed by atoms with Crippen molar-refractivity contribution in [1.82, 2.24) is 5.43 Å². The van der Waals surface area contributed by atoms with Crippen LogP contribution < -0.4 is 15.5 Å². The lowest BCUT2D eigenvalue weighted by Gasteiger charge is -2.07. The van der Waals surface area contributed by atoms with E-state index < -0.39 is 11.8 Å². The number of amides is 2. The van der Waals surface area contributed by atoms with Crippen LogP contribution in [0.25, 0.3) is 0 Å². The topological polar surface area (TPSA) is 79.8 Å². The number of hydrogen-bond donors (Lipinski definition) is 2. The van der Waals surface area contributed by atoms with Gasteiger partial charge in [0.2, 0.25) is 0 Å². The summed E-state index contributed by atoms with van der Waals surface area (Å²) < 4.78 is 5.89. The van der Waals surface area contributed by atoms with Crippen LogP contribution >= 0.6 is 27.5 Å². The molecule has 0 aliphatic carbocycles. The van der Waals surface area contributed by atoms with Crippen LogP contribution in [-0.4, -0.2) is 25.1 Å². The molecule has 2 N–H and O–H groups in total. The first-order valence-corrected chi connectivity index (χ1v) is 7.90. The SMILES string of the molecule is COc1ccc(NC(=O)C(=O)NN=Cc2cccc(Br)c2)cc1Cl. The fourth-order valence-electron chi connectivity index (χ4n) is 1.74. The fourth-order valence-corrected chi connectivity index (χ4v) is 2.41. The van der Waals surface area contributed by atoms with Gasteiger partial charge in [-0.05, 0) is 35.9 Å². The zero-order chi connectivity index (χ0) is 17.5. The number of benzene rings is 2. The van der Waals surface area contributed by atoms with Crippen LogP contribution in [0.15, 0.2) is 52.0 Å². The minimum atomic E-state index is -0.895. The highest BCUT2D eigenvalue weighted by Gasteiger charge is 2.13. The van der Waals surface area contributed by atoms with Crippen LogP contribution in [0.5, 0.6) is 5.75 Å². The standard InChI is InChI=1S/C16H13BrClN3O3/c1-24-14-6-5-12(8-13(14)18)20-15(22)16(23)21-19-9-10-3-2-4-11(17)7-10/h2-9H,1H3,(H,20,22)(H,21,23). The summed E-state index contributed by atoms with van der Waals surface area (Å²) >= 11 is 9.28. The van der Waals surface area contributed by atoms with E-state index in [4.69, 9.17) is 16.3 Å². The average molecular weight is 411 g/mol. The molecule has 0 saturated heterocycles. The van der Waals surface area contributed by atoms with E-state index in [0.29, 0.717) is 16.5 Å². The van der Waals surface area contributed by atoms with Crippen LogP contribution in [0, 0.1) is 0 Å². The second kappa shape index (κ2) is 8.47. The Morgan fingerprint density at radius 3 is 2.67 bits per heavy atom. The summed E-state index contributed by atoms with van der Waals surface area (Å²) in [5, 5.41) is 6.48. The predicted molar refractivity (Wildman–Crippen MR) is 96.5 cm³/mol. The van der Waals surface area contributed by atoms with E-state index in [9.17, 15) is 9.59 Å². The molecule has 2 amide bonds. The molecule has 0 saturated carbocycles. The van der Waals surface area contributed by atoms with Gasteiger partial charge in [0.25, 0.3) is 0 Å². The Hall–Kier alpha value is -2.38. The molecule has 0 fully saturated rings. The van der Waals surface area contributed by atoms with Gasteiger partial charge in [0.1, 0.15) is 5.75 Å². The van der Waals surface area contributed by atoms with Crippen LogP contribution in [0.3, 0.4) is 0 Å². The lowest BCUT2D eigenvalue weighted by Crippen LogP contribution is -2.32. The number of rotatable bonds is 4. The van der Waals surface area contributed by atoms with Crippen LogP contribution in [0.4, 0.5) is 5.69 Å². The Bertz CT molecular complexity index is 796. The molecule has 24 heavy (non-hydrogen) atoms. The summed E-state index contributed by atoms with van der Waals surface area (Å²) in [6.45, 7) is 0. The van der Waals surface area contributed by atoms with Crippen molar-refractivity contribution in [3.8, 4) is 5.75 Å². The van der Waals surface area contributed by atoms with Crippen LogP contribution in [0.1, 0.15) is 5.56 Å². The third-order valence-electron chi connectivity index (χ3n) is 2.84. The van der Waals surface area contributed by atoms with E-state index in [1.165, 1.54) is 19.4 Å². The van der Waals surface area contributed by atoms with Crippen LogP contribution in [0.2, 0.25) is 5.02 Å². The maximum absolute atomic E-state index is 11.8. The van der Waals surface area contributed by atoms with Gasteiger partial charge in [-0.25, -0.2) is 5.43 Å². The highest BCUT2D eigenvalue weighted by molar-refractivity contribution is 9.10. The van der Waals surface area contributed by atoms with Crippen LogP contribution in [-0.2, 0) is 9.59 Å². The lowest BCUT2D eigenvalue weighted by atomic mass is 10.2. The number of methoxy groups -OCH3 is 1. The number of anilines is 1. The number of carbonyl (C=O) groups is 2. The number of carbonyl (C=O) groups excluding carboxylic acids is 2.